The minimum absolute atomic E-state index is 0.281. The number of methoxy groups -OCH3 is 1. The second-order valence-electron chi connectivity index (χ2n) is 4.38. The van der Waals surface area contributed by atoms with Gasteiger partial charge in [-0.25, -0.2) is 10.6 Å². The maximum Gasteiger partial charge on any atom is 0.331 e. The highest BCUT2D eigenvalue weighted by Gasteiger charge is 2.08. The van der Waals surface area contributed by atoms with E-state index in [2.05, 4.69) is 17.6 Å². The molecule has 0 aromatic heterocycles. The average molecular weight is 251 g/mol. The quantitative estimate of drug-likeness (QED) is 0.482. The van der Waals surface area contributed by atoms with E-state index < -0.39 is 0 Å². The molecule has 100 valence electrons. The minimum atomic E-state index is -0.281. The summed E-state index contributed by atoms with van der Waals surface area (Å²) in [5.41, 5.74) is 5.51. The van der Waals surface area contributed by atoms with Crippen molar-refractivity contribution >= 4 is 6.03 Å². The molecule has 0 aliphatic heterocycles. The number of rotatable bonds is 4. The highest BCUT2D eigenvalue weighted by atomic mass is 16.5. The van der Waals surface area contributed by atoms with Crippen LogP contribution in [0.4, 0.5) is 4.79 Å². The Morgan fingerprint density at radius 2 is 1.94 bits per heavy atom. The van der Waals surface area contributed by atoms with Gasteiger partial charge in [-0.2, -0.15) is 0 Å². The summed E-state index contributed by atoms with van der Waals surface area (Å²) in [4.78, 5) is 12.8. The average Bonchev–Trinajstić information content (AvgIpc) is 2.34. The number of carbonyl (C=O) groups is 1. The number of aryl methyl sites for hydroxylation is 2. The van der Waals surface area contributed by atoms with Gasteiger partial charge in [0.2, 0.25) is 0 Å². The molecular formula is C13H21N3O2. The van der Waals surface area contributed by atoms with Crippen LogP contribution < -0.4 is 16.0 Å². The SMILES string of the molecule is COc1c(C)cc(CCN(C)C(=O)NN)cc1C. The Morgan fingerprint density at radius 1 is 1.39 bits per heavy atom. The second kappa shape index (κ2) is 6.26. The van der Waals surface area contributed by atoms with E-state index in [1.807, 2.05) is 13.8 Å². The van der Waals surface area contributed by atoms with Crippen LogP contribution in [0.2, 0.25) is 0 Å². The van der Waals surface area contributed by atoms with Crippen LogP contribution in [-0.2, 0) is 6.42 Å². The third-order valence-corrected chi connectivity index (χ3v) is 2.93. The molecule has 1 rings (SSSR count). The molecule has 0 bridgehead atoms. The Kier molecular flexibility index (Phi) is 4.97. The fraction of sp³-hybridized carbons (Fsp3) is 0.462. The molecule has 0 radical (unpaired) electrons. The first-order chi connectivity index (χ1) is 8.49. The van der Waals surface area contributed by atoms with Gasteiger partial charge in [-0.05, 0) is 37.0 Å². The number of hydrogen-bond acceptors (Lipinski definition) is 3. The molecule has 18 heavy (non-hydrogen) atoms. The highest BCUT2D eigenvalue weighted by Crippen LogP contribution is 2.24. The van der Waals surface area contributed by atoms with Crippen molar-refractivity contribution in [2.45, 2.75) is 20.3 Å². The predicted molar refractivity (Wildman–Crippen MR) is 71.5 cm³/mol. The molecule has 0 spiro atoms. The fourth-order valence-electron chi connectivity index (χ4n) is 2.01. The van der Waals surface area contributed by atoms with Gasteiger partial charge in [0.15, 0.2) is 0 Å². The predicted octanol–water partition coefficient (Wildman–Crippen LogP) is 1.37. The minimum Gasteiger partial charge on any atom is -0.496 e. The van der Waals surface area contributed by atoms with Crippen molar-refractivity contribution in [3.8, 4) is 5.75 Å². The van der Waals surface area contributed by atoms with Gasteiger partial charge >= 0.3 is 6.03 Å². The van der Waals surface area contributed by atoms with Crippen LogP contribution in [0.25, 0.3) is 0 Å². The van der Waals surface area contributed by atoms with E-state index in [1.54, 1.807) is 19.1 Å². The number of hydrazine groups is 1. The molecule has 0 aliphatic carbocycles. The fourth-order valence-corrected chi connectivity index (χ4v) is 2.01. The Morgan fingerprint density at radius 3 is 2.39 bits per heavy atom. The summed E-state index contributed by atoms with van der Waals surface area (Å²) >= 11 is 0. The molecule has 0 unspecified atom stereocenters. The number of hydrogen-bond donors (Lipinski definition) is 2. The van der Waals surface area contributed by atoms with Gasteiger partial charge in [0, 0.05) is 13.6 Å². The number of nitrogens with one attached hydrogen (secondary N) is 1. The molecule has 0 aliphatic rings. The van der Waals surface area contributed by atoms with Crippen molar-refractivity contribution in [3.63, 3.8) is 0 Å². The normalized spacial score (nSPS) is 10.1. The van der Waals surface area contributed by atoms with Crippen molar-refractivity contribution in [1.29, 1.82) is 0 Å². The van der Waals surface area contributed by atoms with Crippen molar-refractivity contribution in [1.82, 2.24) is 10.3 Å². The lowest BCUT2D eigenvalue weighted by atomic mass is 10.0. The first-order valence-electron chi connectivity index (χ1n) is 5.85. The zero-order valence-corrected chi connectivity index (χ0v) is 11.4. The van der Waals surface area contributed by atoms with Gasteiger partial charge in [0.25, 0.3) is 0 Å². The van der Waals surface area contributed by atoms with Crippen molar-refractivity contribution in [2.75, 3.05) is 20.7 Å². The van der Waals surface area contributed by atoms with Crippen LogP contribution in [0.1, 0.15) is 16.7 Å². The van der Waals surface area contributed by atoms with Gasteiger partial charge in [0.1, 0.15) is 5.75 Å². The summed E-state index contributed by atoms with van der Waals surface area (Å²) < 4.78 is 5.32. The Bertz CT molecular complexity index is 409. The van der Waals surface area contributed by atoms with Crippen LogP contribution in [-0.4, -0.2) is 31.6 Å². The van der Waals surface area contributed by atoms with E-state index in [1.165, 1.54) is 5.56 Å². The number of amides is 2. The van der Waals surface area contributed by atoms with E-state index in [4.69, 9.17) is 10.6 Å². The number of carbonyl (C=O) groups excluding carboxylic acids is 1. The van der Waals surface area contributed by atoms with E-state index in [0.29, 0.717) is 6.54 Å². The smallest absolute Gasteiger partial charge is 0.331 e. The molecule has 3 N–H and O–H groups in total. The van der Waals surface area contributed by atoms with Gasteiger partial charge in [-0.15, -0.1) is 0 Å². The number of benzene rings is 1. The summed E-state index contributed by atoms with van der Waals surface area (Å²) in [7, 11) is 3.39. The third-order valence-electron chi connectivity index (χ3n) is 2.93. The molecule has 2 amide bonds. The zero-order valence-electron chi connectivity index (χ0n) is 11.4. The number of urea groups is 1. The third kappa shape index (κ3) is 3.37. The van der Waals surface area contributed by atoms with Crippen LogP contribution in [0.3, 0.4) is 0 Å². The molecule has 0 saturated heterocycles. The molecule has 5 nitrogen and oxygen atoms in total. The Balaban J connectivity index is 2.72. The van der Waals surface area contributed by atoms with Gasteiger partial charge in [0.05, 0.1) is 7.11 Å². The standard InChI is InChI=1S/C13H21N3O2/c1-9-7-11(8-10(2)12(9)18-4)5-6-16(3)13(17)15-14/h7-8H,5-6,14H2,1-4H3,(H,15,17). The van der Waals surface area contributed by atoms with Crippen molar-refractivity contribution in [2.24, 2.45) is 5.84 Å². The second-order valence-corrected chi connectivity index (χ2v) is 4.38. The van der Waals surface area contributed by atoms with Crippen LogP contribution in [0.5, 0.6) is 5.75 Å². The van der Waals surface area contributed by atoms with Crippen LogP contribution in [0.15, 0.2) is 12.1 Å². The summed E-state index contributed by atoms with van der Waals surface area (Å²) in [6, 6.07) is 3.89. The van der Waals surface area contributed by atoms with E-state index in [9.17, 15) is 4.79 Å². The summed E-state index contributed by atoms with van der Waals surface area (Å²) in [6.07, 6.45) is 0.787. The topological polar surface area (TPSA) is 67.6 Å². The van der Waals surface area contributed by atoms with Gasteiger partial charge in [-0.1, -0.05) is 12.1 Å². The Labute approximate surface area is 108 Å². The lowest BCUT2D eigenvalue weighted by molar-refractivity contribution is 0.209. The van der Waals surface area contributed by atoms with Crippen LogP contribution in [0, 0.1) is 13.8 Å². The molecule has 0 atom stereocenters. The lowest BCUT2D eigenvalue weighted by Gasteiger charge is -2.17. The van der Waals surface area contributed by atoms with Crippen LogP contribution >= 0.6 is 0 Å². The van der Waals surface area contributed by atoms with Crippen molar-refractivity contribution in [3.05, 3.63) is 28.8 Å². The van der Waals surface area contributed by atoms with E-state index in [-0.39, 0.29) is 6.03 Å². The molecule has 1 aromatic carbocycles. The highest BCUT2D eigenvalue weighted by molar-refractivity contribution is 5.73. The van der Waals surface area contributed by atoms with Gasteiger partial charge in [-0.3, -0.25) is 5.43 Å². The molecule has 5 heteroatoms. The van der Waals surface area contributed by atoms with E-state index in [0.717, 1.165) is 23.3 Å². The number of likely N-dealkylation sites (N-methyl/N-ethyl adjacent to an activating group) is 1. The number of nitrogens with zero attached hydrogens (tertiary/aromatic N) is 1. The molecule has 0 heterocycles. The largest absolute Gasteiger partial charge is 0.496 e. The maximum absolute atomic E-state index is 11.2. The zero-order chi connectivity index (χ0) is 13.7. The van der Waals surface area contributed by atoms with E-state index >= 15 is 0 Å². The summed E-state index contributed by atoms with van der Waals surface area (Å²) in [5, 5.41) is 0. The summed E-state index contributed by atoms with van der Waals surface area (Å²) in [5.74, 6) is 5.99. The monoisotopic (exact) mass is 251 g/mol. The van der Waals surface area contributed by atoms with Crippen molar-refractivity contribution < 1.29 is 9.53 Å². The first kappa shape index (κ1) is 14.3. The first-order valence-corrected chi connectivity index (χ1v) is 5.85. The lowest BCUT2D eigenvalue weighted by Crippen LogP contribution is -2.41. The number of nitrogens with two attached hydrogens (primary N) is 1. The number of ether oxygens (including phenoxy) is 1. The van der Waals surface area contributed by atoms with Gasteiger partial charge < -0.3 is 9.64 Å². The molecule has 0 saturated carbocycles. The summed E-state index contributed by atoms with van der Waals surface area (Å²) in [6.45, 7) is 4.66. The molecule has 1 aromatic rings. The molecule has 0 fully saturated rings. The Hall–Kier alpha value is -1.75. The molecular weight excluding hydrogens is 230 g/mol. The maximum atomic E-state index is 11.2.